The second-order valence-electron chi connectivity index (χ2n) is 5.68. The van der Waals surface area contributed by atoms with Crippen LogP contribution in [0, 0.1) is 6.92 Å². The Morgan fingerprint density at radius 1 is 1.17 bits per heavy atom. The Morgan fingerprint density at radius 3 is 2.70 bits per heavy atom. The summed E-state index contributed by atoms with van der Waals surface area (Å²) in [4.78, 5) is 22.3. The molecule has 23 heavy (non-hydrogen) atoms. The summed E-state index contributed by atoms with van der Waals surface area (Å²) in [6, 6.07) is 8.81. The van der Waals surface area contributed by atoms with Crippen molar-refractivity contribution >= 4 is 23.9 Å². The molecule has 3 rings (SSSR count). The lowest BCUT2D eigenvalue weighted by molar-refractivity contribution is 0.0697. The highest BCUT2D eigenvalue weighted by Gasteiger charge is 2.14. The molecule has 1 aliphatic heterocycles. The second-order valence-corrected chi connectivity index (χ2v) is 5.68. The molecule has 1 aromatic carbocycles. The van der Waals surface area contributed by atoms with Gasteiger partial charge >= 0.3 is 5.97 Å². The molecule has 0 unspecified atom stereocenters. The minimum atomic E-state index is -0.927. The third kappa shape index (κ3) is 3.74. The third-order valence-corrected chi connectivity index (χ3v) is 3.85. The van der Waals surface area contributed by atoms with Crippen LogP contribution in [-0.4, -0.2) is 34.1 Å². The summed E-state index contributed by atoms with van der Waals surface area (Å²) >= 11 is 0. The molecular weight excluding hydrogens is 290 g/mol. The lowest BCUT2D eigenvalue weighted by Gasteiger charge is -2.16. The van der Waals surface area contributed by atoms with E-state index >= 15 is 0 Å². The summed E-state index contributed by atoms with van der Waals surface area (Å²) in [7, 11) is 0. The van der Waals surface area contributed by atoms with E-state index < -0.39 is 5.97 Å². The average molecular weight is 309 g/mol. The number of aryl methyl sites for hydroxylation is 1. The normalized spacial score (nSPS) is 14.6. The van der Waals surface area contributed by atoms with E-state index in [2.05, 4.69) is 14.9 Å². The zero-order valence-corrected chi connectivity index (χ0v) is 13.1. The van der Waals surface area contributed by atoms with Gasteiger partial charge in [0, 0.05) is 24.8 Å². The predicted molar refractivity (Wildman–Crippen MR) is 90.5 cm³/mol. The first-order valence-corrected chi connectivity index (χ1v) is 7.74. The van der Waals surface area contributed by atoms with E-state index in [4.69, 9.17) is 5.11 Å². The van der Waals surface area contributed by atoms with E-state index in [1.165, 1.54) is 12.8 Å². The topological polar surface area (TPSA) is 66.3 Å². The summed E-state index contributed by atoms with van der Waals surface area (Å²) in [6.45, 7) is 4.05. The molecule has 2 aromatic rings. The van der Waals surface area contributed by atoms with E-state index in [-0.39, 0.29) is 5.56 Å². The van der Waals surface area contributed by atoms with Gasteiger partial charge in [-0.05, 0) is 43.5 Å². The van der Waals surface area contributed by atoms with Gasteiger partial charge in [0.2, 0.25) is 0 Å². The van der Waals surface area contributed by atoms with Crippen molar-refractivity contribution in [3.63, 3.8) is 0 Å². The van der Waals surface area contributed by atoms with E-state index in [1.807, 2.05) is 31.2 Å². The number of carboxylic acids is 1. The molecule has 0 spiro atoms. The number of benzene rings is 1. The number of hydrogen-bond donors (Lipinski definition) is 1. The summed E-state index contributed by atoms with van der Waals surface area (Å²) in [5.41, 5.74) is 2.02. The number of hydrogen-bond acceptors (Lipinski definition) is 4. The molecule has 0 amide bonds. The average Bonchev–Trinajstić information content (AvgIpc) is 3.07. The van der Waals surface area contributed by atoms with E-state index in [0.717, 1.165) is 30.2 Å². The van der Waals surface area contributed by atoms with Crippen LogP contribution in [0.1, 0.15) is 40.3 Å². The van der Waals surface area contributed by atoms with Gasteiger partial charge < -0.3 is 10.0 Å². The van der Waals surface area contributed by atoms with Crippen LogP contribution in [0.15, 0.2) is 30.3 Å². The summed E-state index contributed by atoms with van der Waals surface area (Å²) in [5, 5.41) is 9.03. The Balaban J connectivity index is 1.84. The number of carboxylic acid groups (broad SMARTS) is 1. The van der Waals surface area contributed by atoms with Gasteiger partial charge in [0.25, 0.3) is 0 Å². The third-order valence-electron chi connectivity index (χ3n) is 3.85. The zero-order valence-electron chi connectivity index (χ0n) is 13.1. The van der Waals surface area contributed by atoms with E-state index in [9.17, 15) is 4.79 Å². The molecule has 5 nitrogen and oxygen atoms in total. The lowest BCUT2D eigenvalue weighted by atomic mass is 10.1. The van der Waals surface area contributed by atoms with Crippen LogP contribution in [0.3, 0.4) is 0 Å². The van der Waals surface area contributed by atoms with Gasteiger partial charge in [-0.2, -0.15) is 0 Å². The van der Waals surface area contributed by atoms with Crippen LogP contribution in [0.2, 0.25) is 0 Å². The Labute approximate surface area is 135 Å². The molecule has 1 saturated heterocycles. The number of aromatic nitrogens is 2. The molecule has 1 N–H and O–H groups in total. The first-order valence-electron chi connectivity index (χ1n) is 7.74. The van der Waals surface area contributed by atoms with Gasteiger partial charge in [-0.1, -0.05) is 18.2 Å². The van der Waals surface area contributed by atoms with Crippen LogP contribution >= 0.6 is 0 Å². The predicted octanol–water partition coefficient (Wildman–Crippen LogP) is 3.25. The molecule has 0 aliphatic carbocycles. The van der Waals surface area contributed by atoms with E-state index in [1.54, 1.807) is 18.2 Å². The molecule has 0 saturated carbocycles. The van der Waals surface area contributed by atoms with Crippen LogP contribution < -0.4 is 4.90 Å². The summed E-state index contributed by atoms with van der Waals surface area (Å²) in [5.74, 6) is 0.685. The van der Waals surface area contributed by atoms with Gasteiger partial charge in [0.05, 0.1) is 5.56 Å². The quantitative estimate of drug-likeness (QED) is 0.939. The van der Waals surface area contributed by atoms with Crippen LogP contribution in [0.25, 0.3) is 12.2 Å². The van der Waals surface area contributed by atoms with Crippen LogP contribution in [0.5, 0.6) is 0 Å². The molecule has 118 valence electrons. The molecule has 0 radical (unpaired) electrons. The summed E-state index contributed by atoms with van der Waals surface area (Å²) in [6.07, 6.45) is 6.08. The first-order chi connectivity index (χ1) is 11.1. The van der Waals surface area contributed by atoms with Crippen molar-refractivity contribution in [2.75, 3.05) is 18.0 Å². The number of anilines is 1. The number of rotatable bonds is 4. The fourth-order valence-electron chi connectivity index (χ4n) is 2.70. The molecule has 1 aliphatic rings. The van der Waals surface area contributed by atoms with Crippen molar-refractivity contribution < 1.29 is 9.90 Å². The molecule has 1 fully saturated rings. The van der Waals surface area contributed by atoms with Gasteiger partial charge in [-0.15, -0.1) is 0 Å². The largest absolute Gasteiger partial charge is 0.478 e. The minimum absolute atomic E-state index is 0.273. The first kappa shape index (κ1) is 15.2. The van der Waals surface area contributed by atoms with Gasteiger partial charge in [-0.3, -0.25) is 0 Å². The maximum atomic E-state index is 11.0. The fourth-order valence-corrected chi connectivity index (χ4v) is 2.70. The van der Waals surface area contributed by atoms with Crippen molar-refractivity contribution in [3.8, 4) is 0 Å². The highest BCUT2D eigenvalue weighted by Crippen LogP contribution is 2.19. The fraction of sp³-hybridized carbons (Fsp3) is 0.278. The molecule has 2 heterocycles. The van der Waals surface area contributed by atoms with Gasteiger partial charge in [-0.25, -0.2) is 14.8 Å². The highest BCUT2D eigenvalue weighted by molar-refractivity contribution is 5.88. The molecule has 0 atom stereocenters. The van der Waals surface area contributed by atoms with Crippen molar-refractivity contribution in [2.24, 2.45) is 0 Å². The van der Waals surface area contributed by atoms with Crippen LogP contribution in [-0.2, 0) is 0 Å². The zero-order chi connectivity index (χ0) is 16.2. The maximum Gasteiger partial charge on any atom is 0.335 e. The Bertz CT molecular complexity index is 750. The van der Waals surface area contributed by atoms with Crippen molar-refractivity contribution in [1.82, 2.24) is 9.97 Å². The molecule has 0 bridgehead atoms. The summed E-state index contributed by atoms with van der Waals surface area (Å²) < 4.78 is 0. The molecule has 5 heteroatoms. The monoisotopic (exact) mass is 309 g/mol. The minimum Gasteiger partial charge on any atom is -0.478 e. The lowest BCUT2D eigenvalue weighted by Crippen LogP contribution is -2.19. The van der Waals surface area contributed by atoms with Gasteiger partial charge in [0.1, 0.15) is 5.82 Å². The molecular formula is C18H19N3O2. The van der Waals surface area contributed by atoms with Crippen molar-refractivity contribution in [2.45, 2.75) is 19.8 Å². The number of aromatic carboxylic acids is 1. The van der Waals surface area contributed by atoms with E-state index in [0.29, 0.717) is 5.82 Å². The second kappa shape index (κ2) is 6.60. The van der Waals surface area contributed by atoms with Crippen molar-refractivity contribution in [3.05, 3.63) is 53.0 Å². The standard InChI is InChI=1S/C18H19N3O2/c1-13-11-17(21-9-2-3-10-21)20-16(19-13)8-7-14-5-4-6-15(12-14)18(22)23/h4-8,11-12H,2-3,9-10H2,1H3,(H,22,23)/b8-7+. The SMILES string of the molecule is Cc1cc(N2CCCC2)nc(/C=C/c2cccc(C(=O)O)c2)n1. The van der Waals surface area contributed by atoms with Crippen LogP contribution in [0.4, 0.5) is 5.82 Å². The van der Waals surface area contributed by atoms with Gasteiger partial charge in [0.15, 0.2) is 5.82 Å². The highest BCUT2D eigenvalue weighted by atomic mass is 16.4. The Hall–Kier alpha value is -2.69. The molecule has 1 aromatic heterocycles. The van der Waals surface area contributed by atoms with Crippen molar-refractivity contribution in [1.29, 1.82) is 0 Å². The number of carbonyl (C=O) groups is 1. The maximum absolute atomic E-state index is 11.0. The number of nitrogens with zero attached hydrogens (tertiary/aromatic N) is 3. The smallest absolute Gasteiger partial charge is 0.335 e. The Morgan fingerprint density at radius 2 is 1.96 bits per heavy atom. The Kier molecular flexibility index (Phi) is 4.37.